The van der Waals surface area contributed by atoms with Gasteiger partial charge in [0.05, 0.1) is 5.56 Å². The molecule has 0 fully saturated rings. The summed E-state index contributed by atoms with van der Waals surface area (Å²) in [4.78, 5) is 17.7. The van der Waals surface area contributed by atoms with E-state index >= 15 is 0 Å². The third-order valence-electron chi connectivity index (χ3n) is 2.20. The molecular weight excluding hydrogens is 275 g/mol. The lowest BCUT2D eigenvalue weighted by molar-refractivity contribution is 0.0941. The van der Waals surface area contributed by atoms with Gasteiger partial charge in [0, 0.05) is 32.9 Å². The van der Waals surface area contributed by atoms with E-state index in [-0.39, 0.29) is 36.8 Å². The van der Waals surface area contributed by atoms with Crippen molar-refractivity contribution in [2.75, 3.05) is 25.5 Å². The second-order valence-corrected chi connectivity index (χ2v) is 3.91. The average molecular weight is 295 g/mol. The van der Waals surface area contributed by atoms with Gasteiger partial charge in [-0.15, -0.1) is 24.8 Å². The van der Waals surface area contributed by atoms with Crippen LogP contribution >= 0.6 is 24.8 Å². The molecule has 1 rings (SSSR count). The Labute approximate surface area is 120 Å². The van der Waals surface area contributed by atoms with Crippen molar-refractivity contribution in [1.82, 2.24) is 10.3 Å². The molecular formula is C11H20Cl2N4O. The molecule has 0 saturated heterocycles. The number of rotatable bonds is 4. The number of halogens is 2. The zero-order valence-electron chi connectivity index (χ0n) is 10.7. The molecule has 1 amide bonds. The number of nitrogens with two attached hydrogens (primary N) is 1. The minimum absolute atomic E-state index is 0. The predicted octanol–water partition coefficient (Wildman–Crippen LogP) is 1.07. The van der Waals surface area contributed by atoms with E-state index in [0.717, 1.165) is 5.82 Å². The summed E-state index contributed by atoms with van der Waals surface area (Å²) in [5.41, 5.74) is 5.97. The summed E-state index contributed by atoms with van der Waals surface area (Å²) < 4.78 is 0. The van der Waals surface area contributed by atoms with Crippen LogP contribution in [0.5, 0.6) is 0 Å². The normalized spacial score (nSPS) is 10.7. The number of hydrogen-bond donors (Lipinski definition) is 2. The van der Waals surface area contributed by atoms with Gasteiger partial charge in [0.15, 0.2) is 0 Å². The quantitative estimate of drug-likeness (QED) is 0.871. The molecule has 1 aromatic rings. The lowest BCUT2D eigenvalue weighted by Gasteiger charge is -2.13. The van der Waals surface area contributed by atoms with Gasteiger partial charge >= 0.3 is 0 Å². The fourth-order valence-electron chi connectivity index (χ4n) is 1.15. The number of carbonyl (C=O) groups excluding carboxylic acids is 1. The maximum atomic E-state index is 11.7. The second kappa shape index (κ2) is 8.97. The minimum atomic E-state index is -0.143. The highest BCUT2D eigenvalue weighted by atomic mass is 35.5. The third-order valence-corrected chi connectivity index (χ3v) is 2.20. The molecule has 0 bridgehead atoms. The van der Waals surface area contributed by atoms with Crippen molar-refractivity contribution >= 4 is 36.5 Å². The van der Waals surface area contributed by atoms with E-state index in [2.05, 4.69) is 10.3 Å². The lowest BCUT2D eigenvalue weighted by atomic mass is 10.2. The van der Waals surface area contributed by atoms with Crippen LogP contribution in [0.15, 0.2) is 18.3 Å². The topological polar surface area (TPSA) is 71.2 Å². The highest BCUT2D eigenvalue weighted by Crippen LogP contribution is 2.07. The summed E-state index contributed by atoms with van der Waals surface area (Å²) in [6, 6.07) is 3.53. The van der Waals surface area contributed by atoms with E-state index in [9.17, 15) is 4.79 Å². The smallest absolute Gasteiger partial charge is 0.253 e. The van der Waals surface area contributed by atoms with E-state index in [1.54, 1.807) is 12.3 Å². The predicted molar refractivity (Wildman–Crippen MR) is 79.0 cm³/mol. The Kier molecular flexibility index (Phi) is 9.61. The van der Waals surface area contributed by atoms with Crippen LogP contribution in [0.4, 0.5) is 5.82 Å². The Balaban J connectivity index is 0. The van der Waals surface area contributed by atoms with E-state index in [1.807, 2.05) is 32.0 Å². The van der Waals surface area contributed by atoms with Crippen LogP contribution in [0.3, 0.4) is 0 Å². The van der Waals surface area contributed by atoms with Crippen molar-refractivity contribution in [3.63, 3.8) is 0 Å². The van der Waals surface area contributed by atoms with Crippen LogP contribution in [0.2, 0.25) is 0 Å². The van der Waals surface area contributed by atoms with Crippen molar-refractivity contribution < 1.29 is 4.79 Å². The standard InChI is InChI=1S/C11H18N4O.2ClH/c1-8(6-12)14-11(16)9-4-5-10(13-7-9)15(2)3;;/h4-5,7-8H,6,12H2,1-3H3,(H,14,16);2*1H/t8-;;/m0../s1. The first-order valence-electron chi connectivity index (χ1n) is 5.19. The molecule has 0 saturated carbocycles. The number of nitrogens with zero attached hydrogens (tertiary/aromatic N) is 2. The zero-order chi connectivity index (χ0) is 12.1. The lowest BCUT2D eigenvalue weighted by Crippen LogP contribution is -2.37. The summed E-state index contributed by atoms with van der Waals surface area (Å²) in [6.07, 6.45) is 1.56. The van der Waals surface area contributed by atoms with Crippen molar-refractivity contribution in [2.45, 2.75) is 13.0 Å². The van der Waals surface area contributed by atoms with Gasteiger partial charge in [0.2, 0.25) is 0 Å². The van der Waals surface area contributed by atoms with Gasteiger partial charge in [0.25, 0.3) is 5.91 Å². The molecule has 0 unspecified atom stereocenters. The molecule has 7 heteroatoms. The fraction of sp³-hybridized carbons (Fsp3) is 0.455. The highest BCUT2D eigenvalue weighted by Gasteiger charge is 2.09. The molecule has 3 N–H and O–H groups in total. The number of pyridine rings is 1. The molecule has 0 aliphatic rings. The molecule has 1 atom stereocenters. The molecule has 1 heterocycles. The first-order valence-corrected chi connectivity index (χ1v) is 5.19. The number of nitrogens with one attached hydrogen (secondary N) is 1. The molecule has 0 radical (unpaired) electrons. The first kappa shape index (κ1) is 19.3. The number of hydrogen-bond acceptors (Lipinski definition) is 4. The van der Waals surface area contributed by atoms with Gasteiger partial charge < -0.3 is 16.0 Å². The van der Waals surface area contributed by atoms with Crippen LogP contribution in [0.1, 0.15) is 17.3 Å². The summed E-state index contributed by atoms with van der Waals surface area (Å²) in [6.45, 7) is 2.29. The van der Waals surface area contributed by atoms with Crippen molar-refractivity contribution in [1.29, 1.82) is 0 Å². The fourth-order valence-corrected chi connectivity index (χ4v) is 1.15. The maximum absolute atomic E-state index is 11.7. The SMILES string of the molecule is C[C@@H](CN)NC(=O)c1ccc(N(C)C)nc1.Cl.Cl. The highest BCUT2D eigenvalue weighted by molar-refractivity contribution is 5.94. The number of aromatic nitrogens is 1. The largest absolute Gasteiger partial charge is 0.363 e. The van der Waals surface area contributed by atoms with Gasteiger partial charge in [-0.1, -0.05) is 0 Å². The van der Waals surface area contributed by atoms with Gasteiger partial charge in [-0.2, -0.15) is 0 Å². The van der Waals surface area contributed by atoms with Gasteiger partial charge in [-0.05, 0) is 19.1 Å². The number of amides is 1. The average Bonchev–Trinajstić information content (AvgIpc) is 2.28. The Morgan fingerprint density at radius 3 is 2.44 bits per heavy atom. The minimum Gasteiger partial charge on any atom is -0.363 e. The molecule has 0 aromatic carbocycles. The Hall–Kier alpha value is -1.04. The van der Waals surface area contributed by atoms with E-state index in [0.29, 0.717) is 12.1 Å². The number of anilines is 1. The Morgan fingerprint density at radius 1 is 1.44 bits per heavy atom. The Bertz CT molecular complexity index is 357. The van der Waals surface area contributed by atoms with Crippen LogP contribution in [0.25, 0.3) is 0 Å². The molecule has 5 nitrogen and oxygen atoms in total. The summed E-state index contributed by atoms with van der Waals surface area (Å²) in [5.74, 6) is 0.680. The first-order chi connectivity index (χ1) is 7.54. The Morgan fingerprint density at radius 2 is 2.06 bits per heavy atom. The van der Waals surface area contributed by atoms with Crippen molar-refractivity contribution in [2.24, 2.45) is 5.73 Å². The zero-order valence-corrected chi connectivity index (χ0v) is 12.3. The van der Waals surface area contributed by atoms with Gasteiger partial charge in [0.1, 0.15) is 5.82 Å². The van der Waals surface area contributed by atoms with Gasteiger partial charge in [-0.3, -0.25) is 4.79 Å². The maximum Gasteiger partial charge on any atom is 0.253 e. The second-order valence-electron chi connectivity index (χ2n) is 3.91. The van der Waals surface area contributed by atoms with Crippen molar-refractivity contribution in [3.05, 3.63) is 23.9 Å². The number of carbonyl (C=O) groups is 1. The van der Waals surface area contributed by atoms with Crippen LogP contribution in [-0.4, -0.2) is 37.6 Å². The molecule has 104 valence electrons. The third kappa shape index (κ3) is 5.53. The van der Waals surface area contributed by atoms with Crippen molar-refractivity contribution in [3.8, 4) is 0 Å². The molecule has 18 heavy (non-hydrogen) atoms. The molecule has 0 aliphatic heterocycles. The monoisotopic (exact) mass is 294 g/mol. The molecule has 1 aromatic heterocycles. The van der Waals surface area contributed by atoms with E-state index in [4.69, 9.17) is 5.73 Å². The summed E-state index contributed by atoms with van der Waals surface area (Å²) in [7, 11) is 3.80. The van der Waals surface area contributed by atoms with Gasteiger partial charge in [-0.25, -0.2) is 4.98 Å². The van der Waals surface area contributed by atoms with Crippen LogP contribution in [-0.2, 0) is 0 Å². The van der Waals surface area contributed by atoms with Crippen LogP contribution in [0, 0.1) is 0 Å². The molecule has 0 spiro atoms. The summed E-state index contributed by atoms with van der Waals surface area (Å²) >= 11 is 0. The van der Waals surface area contributed by atoms with E-state index < -0.39 is 0 Å². The van der Waals surface area contributed by atoms with Crippen LogP contribution < -0.4 is 16.0 Å². The molecule has 0 aliphatic carbocycles. The van der Waals surface area contributed by atoms with E-state index in [1.165, 1.54) is 0 Å². The summed E-state index contributed by atoms with van der Waals surface area (Å²) in [5, 5.41) is 2.78.